The molecule has 3 N–H and O–H groups in total. The van der Waals surface area contributed by atoms with Gasteiger partial charge in [0, 0.05) is 18.8 Å². The molecular weight excluding hydrogens is 264 g/mol. The Hall–Kier alpha value is -1.11. The van der Waals surface area contributed by atoms with Crippen molar-refractivity contribution in [1.29, 1.82) is 0 Å². The molecule has 0 aliphatic carbocycles. The lowest BCUT2D eigenvalue weighted by Crippen LogP contribution is -2.45. The highest BCUT2D eigenvalue weighted by Crippen LogP contribution is 2.25. The minimum absolute atomic E-state index is 0.139. The number of piperidine rings is 1. The van der Waals surface area contributed by atoms with Gasteiger partial charge in [-0.3, -0.25) is 0 Å². The first kappa shape index (κ1) is 14.3. The molecule has 0 amide bonds. The zero-order chi connectivity index (χ0) is 14.2. The predicted octanol–water partition coefficient (Wildman–Crippen LogP) is 0.969. The number of aryl methyl sites for hydroxylation is 1. The summed E-state index contributed by atoms with van der Waals surface area (Å²) in [5, 5.41) is 9.83. The third-order valence-electron chi connectivity index (χ3n) is 3.76. The molecule has 0 spiro atoms. The minimum Gasteiger partial charge on any atom is -0.399 e. The van der Waals surface area contributed by atoms with Crippen LogP contribution in [0.4, 0.5) is 5.69 Å². The second-order valence-corrected chi connectivity index (χ2v) is 7.15. The molecule has 0 aromatic heterocycles. The van der Waals surface area contributed by atoms with E-state index >= 15 is 0 Å². The van der Waals surface area contributed by atoms with Crippen molar-refractivity contribution in [2.45, 2.75) is 31.3 Å². The molecule has 0 radical (unpaired) electrons. The number of benzene rings is 1. The SMILES string of the molecule is Cc1cc(S(=O)(=O)N2CCC(C)C(O)C2)ccc1N. The van der Waals surface area contributed by atoms with Gasteiger partial charge in [-0.25, -0.2) is 8.42 Å². The van der Waals surface area contributed by atoms with Crippen molar-refractivity contribution < 1.29 is 13.5 Å². The number of aliphatic hydroxyl groups is 1. The van der Waals surface area contributed by atoms with Gasteiger partial charge in [-0.2, -0.15) is 4.31 Å². The molecule has 6 heteroatoms. The highest BCUT2D eigenvalue weighted by Gasteiger charge is 2.32. The first-order valence-electron chi connectivity index (χ1n) is 6.36. The molecule has 1 heterocycles. The lowest BCUT2D eigenvalue weighted by atomic mass is 9.98. The number of hydrogen-bond acceptors (Lipinski definition) is 4. The number of aliphatic hydroxyl groups excluding tert-OH is 1. The minimum atomic E-state index is -3.54. The fourth-order valence-electron chi connectivity index (χ4n) is 2.20. The fraction of sp³-hybridized carbons (Fsp3) is 0.538. The highest BCUT2D eigenvalue weighted by molar-refractivity contribution is 7.89. The van der Waals surface area contributed by atoms with Crippen molar-refractivity contribution in [3.63, 3.8) is 0 Å². The van der Waals surface area contributed by atoms with Crippen molar-refractivity contribution >= 4 is 15.7 Å². The lowest BCUT2D eigenvalue weighted by Gasteiger charge is -2.33. The van der Waals surface area contributed by atoms with Gasteiger partial charge < -0.3 is 10.8 Å². The van der Waals surface area contributed by atoms with Crippen LogP contribution in [0.2, 0.25) is 0 Å². The maximum absolute atomic E-state index is 12.5. The summed E-state index contributed by atoms with van der Waals surface area (Å²) >= 11 is 0. The normalized spacial score (nSPS) is 25.4. The second kappa shape index (κ2) is 5.11. The Morgan fingerprint density at radius 1 is 1.42 bits per heavy atom. The van der Waals surface area contributed by atoms with E-state index in [0.717, 1.165) is 5.56 Å². The van der Waals surface area contributed by atoms with E-state index in [1.807, 2.05) is 6.92 Å². The number of hydrogen-bond donors (Lipinski definition) is 2. The number of β-amino-alcohol motifs (C(OH)–C–C–N with tert-alkyl or cyclic N) is 1. The summed E-state index contributed by atoms with van der Waals surface area (Å²) in [7, 11) is -3.54. The number of nitrogens with zero attached hydrogens (tertiary/aromatic N) is 1. The van der Waals surface area contributed by atoms with Gasteiger partial charge >= 0.3 is 0 Å². The molecule has 1 saturated heterocycles. The van der Waals surface area contributed by atoms with E-state index in [4.69, 9.17) is 5.73 Å². The molecule has 2 rings (SSSR count). The zero-order valence-electron chi connectivity index (χ0n) is 11.2. The molecule has 1 aliphatic rings. The van der Waals surface area contributed by atoms with Gasteiger partial charge in [-0.05, 0) is 43.0 Å². The summed E-state index contributed by atoms with van der Waals surface area (Å²) in [6, 6.07) is 4.70. The Labute approximate surface area is 114 Å². The monoisotopic (exact) mass is 284 g/mol. The van der Waals surface area contributed by atoms with Crippen LogP contribution in [0.5, 0.6) is 0 Å². The summed E-state index contributed by atoms with van der Waals surface area (Å²) in [5.41, 5.74) is 7.02. The Bertz CT molecular complexity index is 571. The lowest BCUT2D eigenvalue weighted by molar-refractivity contribution is 0.0605. The Kier molecular flexibility index (Phi) is 3.85. The summed E-state index contributed by atoms with van der Waals surface area (Å²) in [6.07, 6.45) is 0.0763. The summed E-state index contributed by atoms with van der Waals surface area (Å²) in [5.74, 6) is 0.139. The van der Waals surface area contributed by atoms with E-state index in [9.17, 15) is 13.5 Å². The smallest absolute Gasteiger partial charge is 0.243 e. The van der Waals surface area contributed by atoms with Crippen LogP contribution in [-0.4, -0.2) is 37.0 Å². The number of anilines is 1. The maximum atomic E-state index is 12.5. The number of sulfonamides is 1. The molecule has 106 valence electrons. The molecule has 0 bridgehead atoms. The van der Waals surface area contributed by atoms with Crippen LogP contribution >= 0.6 is 0 Å². The topological polar surface area (TPSA) is 83.6 Å². The largest absolute Gasteiger partial charge is 0.399 e. The van der Waals surface area contributed by atoms with E-state index in [1.54, 1.807) is 19.1 Å². The Morgan fingerprint density at radius 2 is 2.11 bits per heavy atom. The van der Waals surface area contributed by atoms with Crippen LogP contribution < -0.4 is 5.73 Å². The summed E-state index contributed by atoms with van der Waals surface area (Å²) in [6.45, 7) is 4.32. The molecule has 1 aromatic carbocycles. The second-order valence-electron chi connectivity index (χ2n) is 5.21. The van der Waals surface area contributed by atoms with Crippen molar-refractivity contribution in [1.82, 2.24) is 4.31 Å². The molecule has 5 nitrogen and oxygen atoms in total. The summed E-state index contributed by atoms with van der Waals surface area (Å²) in [4.78, 5) is 0.237. The van der Waals surface area contributed by atoms with Crippen LogP contribution in [0.1, 0.15) is 18.9 Å². The van der Waals surface area contributed by atoms with Gasteiger partial charge in [0.25, 0.3) is 0 Å². The molecule has 1 aliphatic heterocycles. The van der Waals surface area contributed by atoms with Crippen molar-refractivity contribution in [2.75, 3.05) is 18.8 Å². The number of rotatable bonds is 2. The van der Waals surface area contributed by atoms with E-state index in [-0.39, 0.29) is 17.4 Å². The first-order chi connectivity index (χ1) is 8.82. The first-order valence-corrected chi connectivity index (χ1v) is 7.80. The molecule has 1 fully saturated rings. The van der Waals surface area contributed by atoms with E-state index in [2.05, 4.69) is 0 Å². The van der Waals surface area contributed by atoms with Gasteiger partial charge in [0.15, 0.2) is 0 Å². The van der Waals surface area contributed by atoms with Crippen LogP contribution in [0, 0.1) is 12.8 Å². The van der Waals surface area contributed by atoms with Crippen LogP contribution in [0.15, 0.2) is 23.1 Å². The molecule has 0 saturated carbocycles. The maximum Gasteiger partial charge on any atom is 0.243 e. The quantitative estimate of drug-likeness (QED) is 0.793. The van der Waals surface area contributed by atoms with Crippen LogP contribution in [0.25, 0.3) is 0 Å². The third-order valence-corrected chi connectivity index (χ3v) is 5.62. The van der Waals surface area contributed by atoms with Gasteiger partial charge in [0.1, 0.15) is 0 Å². The van der Waals surface area contributed by atoms with Gasteiger partial charge in [-0.1, -0.05) is 6.92 Å². The van der Waals surface area contributed by atoms with E-state index < -0.39 is 16.1 Å². The highest BCUT2D eigenvalue weighted by atomic mass is 32.2. The predicted molar refractivity (Wildman–Crippen MR) is 74.1 cm³/mol. The average molecular weight is 284 g/mol. The van der Waals surface area contributed by atoms with Crippen LogP contribution in [-0.2, 0) is 10.0 Å². The standard InChI is InChI=1S/C13H20N2O3S/c1-9-5-6-15(8-13(9)16)19(17,18)11-3-4-12(14)10(2)7-11/h3-4,7,9,13,16H,5-6,8,14H2,1-2H3. The molecule has 1 aromatic rings. The molecular formula is C13H20N2O3S. The van der Waals surface area contributed by atoms with Crippen LogP contribution in [0.3, 0.4) is 0 Å². The van der Waals surface area contributed by atoms with E-state index in [1.165, 1.54) is 10.4 Å². The van der Waals surface area contributed by atoms with Crippen molar-refractivity contribution in [2.24, 2.45) is 5.92 Å². The summed E-state index contributed by atoms with van der Waals surface area (Å²) < 4.78 is 26.3. The average Bonchev–Trinajstić information content (AvgIpc) is 2.35. The Balaban J connectivity index is 2.29. The molecule has 2 atom stereocenters. The molecule has 19 heavy (non-hydrogen) atoms. The number of nitrogens with two attached hydrogens (primary N) is 1. The van der Waals surface area contributed by atoms with E-state index in [0.29, 0.717) is 18.7 Å². The van der Waals surface area contributed by atoms with Crippen molar-refractivity contribution in [3.05, 3.63) is 23.8 Å². The van der Waals surface area contributed by atoms with Crippen molar-refractivity contribution in [3.8, 4) is 0 Å². The third kappa shape index (κ3) is 2.75. The fourth-order valence-corrected chi connectivity index (χ4v) is 3.75. The Morgan fingerprint density at radius 3 is 2.68 bits per heavy atom. The van der Waals surface area contributed by atoms with Gasteiger partial charge in [-0.15, -0.1) is 0 Å². The molecule has 2 unspecified atom stereocenters. The van der Waals surface area contributed by atoms with Gasteiger partial charge in [0.05, 0.1) is 11.0 Å². The zero-order valence-corrected chi connectivity index (χ0v) is 12.0. The van der Waals surface area contributed by atoms with Gasteiger partial charge in [0.2, 0.25) is 10.0 Å². The number of nitrogen functional groups attached to an aromatic ring is 1.